The lowest BCUT2D eigenvalue weighted by Gasteiger charge is -1.99. The summed E-state index contributed by atoms with van der Waals surface area (Å²) in [6, 6.07) is 9.79. The molecule has 1 aromatic carbocycles. The molecule has 0 aliphatic rings. The van der Waals surface area contributed by atoms with E-state index in [1.807, 2.05) is 42.5 Å². The van der Waals surface area contributed by atoms with Crippen molar-refractivity contribution in [3.63, 3.8) is 0 Å². The van der Waals surface area contributed by atoms with Crippen molar-refractivity contribution >= 4 is 29.5 Å². The molecule has 0 bridgehead atoms. The fourth-order valence-electron chi connectivity index (χ4n) is 1.89. The first kappa shape index (κ1) is 15.1. The maximum absolute atomic E-state index is 11.4. The molecule has 2 heterocycles. The minimum Gasteiger partial charge on any atom is -0.465 e. The zero-order valence-electron chi connectivity index (χ0n) is 12.3. The largest absolute Gasteiger partial charge is 0.465 e. The summed E-state index contributed by atoms with van der Waals surface area (Å²) in [4.78, 5) is 24.7. The summed E-state index contributed by atoms with van der Waals surface area (Å²) in [5.41, 5.74) is 1.84. The van der Waals surface area contributed by atoms with Crippen LogP contribution in [-0.4, -0.2) is 28.0 Å². The van der Waals surface area contributed by atoms with Crippen LogP contribution in [0.5, 0.6) is 0 Å². The normalized spacial score (nSPS) is 10.8. The Morgan fingerprint density at radius 1 is 1.04 bits per heavy atom. The lowest BCUT2D eigenvalue weighted by Crippen LogP contribution is -1.96. The van der Waals surface area contributed by atoms with E-state index >= 15 is 0 Å². The van der Waals surface area contributed by atoms with Crippen LogP contribution in [-0.2, 0) is 4.74 Å². The molecule has 0 spiro atoms. The van der Waals surface area contributed by atoms with Crippen LogP contribution in [0.4, 0.5) is 0 Å². The van der Waals surface area contributed by atoms with Crippen LogP contribution in [0.2, 0.25) is 0 Å². The van der Waals surface area contributed by atoms with E-state index in [9.17, 15) is 4.79 Å². The number of hydrogen-bond acceptors (Lipinski definition) is 6. The molecule has 0 amide bonds. The van der Waals surface area contributed by atoms with Crippen LogP contribution in [0.25, 0.3) is 23.5 Å². The Morgan fingerprint density at radius 2 is 1.78 bits per heavy atom. The molecule has 2 aromatic heterocycles. The van der Waals surface area contributed by atoms with E-state index in [0.29, 0.717) is 10.7 Å². The summed E-state index contributed by atoms with van der Waals surface area (Å²) in [5, 5.41) is 0.720. The molecule has 3 aromatic rings. The average Bonchev–Trinajstić information content (AvgIpc) is 3.09. The highest BCUT2D eigenvalue weighted by Gasteiger charge is 2.08. The first-order valence-electron chi connectivity index (χ1n) is 6.86. The predicted molar refractivity (Wildman–Crippen MR) is 89.8 cm³/mol. The Bertz CT molecular complexity index is 827. The Kier molecular flexibility index (Phi) is 4.54. The third-order valence-electron chi connectivity index (χ3n) is 3.03. The van der Waals surface area contributed by atoms with Gasteiger partial charge in [-0.25, -0.2) is 19.7 Å². The second-order valence-corrected chi connectivity index (χ2v) is 5.66. The second-order valence-electron chi connectivity index (χ2n) is 4.59. The van der Waals surface area contributed by atoms with Gasteiger partial charge in [0, 0.05) is 23.5 Å². The van der Waals surface area contributed by atoms with Gasteiger partial charge >= 0.3 is 5.97 Å². The molecule has 0 aliphatic heterocycles. The average molecular weight is 323 g/mol. The molecule has 3 rings (SSSR count). The Labute approximate surface area is 137 Å². The third-order valence-corrected chi connectivity index (χ3v) is 3.97. The van der Waals surface area contributed by atoms with E-state index < -0.39 is 0 Å². The number of methoxy groups -OCH3 is 1. The summed E-state index contributed by atoms with van der Waals surface area (Å²) in [6.07, 6.45) is 8.68. The highest BCUT2D eigenvalue weighted by atomic mass is 32.1. The maximum atomic E-state index is 11.4. The molecule has 6 heteroatoms. The van der Waals surface area contributed by atoms with Crippen molar-refractivity contribution in [3.05, 3.63) is 64.4 Å². The van der Waals surface area contributed by atoms with Gasteiger partial charge in [-0.3, -0.25) is 0 Å². The van der Waals surface area contributed by atoms with E-state index in [-0.39, 0.29) is 5.97 Å². The van der Waals surface area contributed by atoms with E-state index in [4.69, 9.17) is 0 Å². The van der Waals surface area contributed by atoms with E-state index in [0.717, 1.165) is 16.1 Å². The van der Waals surface area contributed by atoms with Crippen molar-refractivity contribution in [2.75, 3.05) is 7.11 Å². The van der Waals surface area contributed by atoms with Crippen LogP contribution >= 0.6 is 11.3 Å². The van der Waals surface area contributed by atoms with Crippen LogP contribution in [0.3, 0.4) is 0 Å². The fraction of sp³-hybridized carbons (Fsp3) is 0.0588. The van der Waals surface area contributed by atoms with Gasteiger partial charge in [-0.15, -0.1) is 11.3 Å². The van der Waals surface area contributed by atoms with Gasteiger partial charge in [0.15, 0.2) is 5.82 Å². The van der Waals surface area contributed by atoms with Crippen molar-refractivity contribution in [1.82, 2.24) is 15.0 Å². The van der Waals surface area contributed by atoms with Crippen molar-refractivity contribution in [3.8, 4) is 11.4 Å². The highest BCUT2D eigenvalue weighted by molar-refractivity contribution is 7.14. The summed E-state index contributed by atoms with van der Waals surface area (Å²) in [6.45, 7) is 0. The number of hydrogen-bond donors (Lipinski definition) is 0. The molecular weight excluding hydrogens is 310 g/mol. The standard InChI is InChI=1S/C17H13N3O2S/c1-22-17(21)14-11-18-15(23-14)8-7-12-9-19-16(20-10-12)13-5-3-2-4-6-13/h2-11H,1H3. The molecule has 0 N–H and O–H groups in total. The zero-order chi connectivity index (χ0) is 16.1. The van der Waals surface area contributed by atoms with Crippen LogP contribution in [0.1, 0.15) is 20.2 Å². The molecule has 0 saturated carbocycles. The molecule has 0 radical (unpaired) electrons. The minimum atomic E-state index is -0.377. The van der Waals surface area contributed by atoms with Gasteiger partial charge in [0.25, 0.3) is 0 Å². The maximum Gasteiger partial charge on any atom is 0.349 e. The fourth-order valence-corrected chi connectivity index (χ4v) is 2.63. The van der Waals surface area contributed by atoms with Crippen LogP contribution < -0.4 is 0 Å². The third kappa shape index (κ3) is 3.67. The Hall–Kier alpha value is -2.86. The van der Waals surface area contributed by atoms with Gasteiger partial charge in [0.2, 0.25) is 0 Å². The summed E-state index contributed by atoms with van der Waals surface area (Å²) in [5.74, 6) is 0.308. The number of esters is 1. The van der Waals surface area contributed by atoms with Gasteiger partial charge in [0.05, 0.1) is 13.3 Å². The monoisotopic (exact) mass is 323 g/mol. The number of aromatic nitrogens is 3. The molecule has 0 atom stereocenters. The molecule has 0 unspecified atom stereocenters. The van der Waals surface area contributed by atoms with Crippen molar-refractivity contribution in [1.29, 1.82) is 0 Å². The van der Waals surface area contributed by atoms with Gasteiger partial charge in [-0.05, 0) is 12.2 Å². The number of benzene rings is 1. The lowest BCUT2D eigenvalue weighted by molar-refractivity contribution is 0.0606. The number of rotatable bonds is 4. The summed E-state index contributed by atoms with van der Waals surface area (Å²) in [7, 11) is 1.35. The van der Waals surface area contributed by atoms with Gasteiger partial charge in [-0.1, -0.05) is 30.3 Å². The second kappa shape index (κ2) is 6.93. The Balaban J connectivity index is 1.73. The Morgan fingerprint density at radius 3 is 2.48 bits per heavy atom. The SMILES string of the molecule is COC(=O)c1cnc(C=Cc2cnc(-c3ccccc3)nc2)s1. The highest BCUT2D eigenvalue weighted by Crippen LogP contribution is 2.17. The summed E-state index contributed by atoms with van der Waals surface area (Å²) < 4.78 is 4.65. The van der Waals surface area contributed by atoms with Gasteiger partial charge in [0.1, 0.15) is 9.88 Å². The summed E-state index contributed by atoms with van der Waals surface area (Å²) >= 11 is 1.27. The molecule has 0 aliphatic carbocycles. The number of carbonyl (C=O) groups is 1. The smallest absolute Gasteiger partial charge is 0.349 e. The number of carbonyl (C=O) groups excluding carboxylic acids is 1. The first-order chi connectivity index (χ1) is 11.3. The number of ether oxygens (including phenoxy) is 1. The van der Waals surface area contributed by atoms with Crippen LogP contribution in [0.15, 0.2) is 48.9 Å². The van der Waals surface area contributed by atoms with Crippen molar-refractivity contribution < 1.29 is 9.53 Å². The topological polar surface area (TPSA) is 65.0 Å². The number of nitrogens with zero attached hydrogens (tertiary/aromatic N) is 3. The minimum absolute atomic E-state index is 0.377. The van der Waals surface area contributed by atoms with Crippen LogP contribution in [0, 0.1) is 0 Å². The molecule has 114 valence electrons. The van der Waals surface area contributed by atoms with Crippen molar-refractivity contribution in [2.24, 2.45) is 0 Å². The molecule has 0 saturated heterocycles. The van der Waals surface area contributed by atoms with Gasteiger partial charge < -0.3 is 4.74 Å². The predicted octanol–water partition coefficient (Wildman–Crippen LogP) is 3.56. The van der Waals surface area contributed by atoms with E-state index in [2.05, 4.69) is 19.7 Å². The van der Waals surface area contributed by atoms with E-state index in [1.54, 1.807) is 12.4 Å². The van der Waals surface area contributed by atoms with E-state index in [1.165, 1.54) is 24.6 Å². The molecule has 23 heavy (non-hydrogen) atoms. The molecule has 5 nitrogen and oxygen atoms in total. The van der Waals surface area contributed by atoms with Gasteiger partial charge in [-0.2, -0.15) is 0 Å². The molecular formula is C17H13N3O2S. The lowest BCUT2D eigenvalue weighted by atomic mass is 10.2. The quantitative estimate of drug-likeness (QED) is 0.687. The van der Waals surface area contributed by atoms with Crippen molar-refractivity contribution in [2.45, 2.75) is 0 Å². The first-order valence-corrected chi connectivity index (χ1v) is 7.67. The molecule has 0 fully saturated rings. The number of thiazole rings is 1. The zero-order valence-corrected chi connectivity index (χ0v) is 13.2.